The molecule has 7 heteroatoms. The van der Waals surface area contributed by atoms with Crippen molar-refractivity contribution in [1.29, 1.82) is 0 Å². The maximum Gasteiger partial charge on any atom is 0.244 e. The molecule has 2 heterocycles. The van der Waals surface area contributed by atoms with Gasteiger partial charge >= 0.3 is 0 Å². The molecule has 2 aliphatic rings. The lowest BCUT2D eigenvalue weighted by Crippen LogP contribution is -2.42. The molecular weight excluding hydrogens is 304 g/mol. The maximum absolute atomic E-state index is 12.6. The van der Waals surface area contributed by atoms with Crippen LogP contribution in [0.5, 0.6) is 11.5 Å². The van der Waals surface area contributed by atoms with E-state index in [1.807, 2.05) is 0 Å². The van der Waals surface area contributed by atoms with Crippen LogP contribution in [0.25, 0.3) is 0 Å². The molecule has 1 saturated heterocycles. The number of para-hydroxylation sites is 1. The summed E-state index contributed by atoms with van der Waals surface area (Å²) in [6.45, 7) is 5.21. The third-order valence-electron chi connectivity index (χ3n) is 4.32. The van der Waals surface area contributed by atoms with Gasteiger partial charge in [-0.2, -0.15) is 0 Å². The second kappa shape index (κ2) is 6.06. The summed E-state index contributed by atoms with van der Waals surface area (Å²) >= 11 is 0. The highest BCUT2D eigenvalue weighted by Crippen LogP contribution is 2.36. The zero-order chi connectivity index (χ0) is 15.6. The summed E-state index contributed by atoms with van der Waals surface area (Å²) in [6.07, 6.45) is 1.92. The minimum atomic E-state index is -3.61. The first-order chi connectivity index (χ1) is 10.5. The van der Waals surface area contributed by atoms with Gasteiger partial charge in [-0.1, -0.05) is 13.0 Å². The summed E-state index contributed by atoms with van der Waals surface area (Å²) in [5.41, 5.74) is -0.00941. The predicted molar refractivity (Wildman–Crippen MR) is 82.8 cm³/mol. The van der Waals surface area contributed by atoms with Crippen LogP contribution in [0.4, 0.5) is 0 Å². The van der Waals surface area contributed by atoms with E-state index in [4.69, 9.17) is 9.47 Å². The second-order valence-corrected chi connectivity index (χ2v) is 7.90. The number of rotatable bonds is 4. The molecule has 0 atom stereocenters. The Balaban J connectivity index is 1.78. The average Bonchev–Trinajstić information content (AvgIpc) is 2.53. The summed E-state index contributed by atoms with van der Waals surface area (Å²) in [4.78, 5) is 0.155. The molecule has 1 aromatic carbocycles. The van der Waals surface area contributed by atoms with Crippen molar-refractivity contribution in [3.05, 3.63) is 18.2 Å². The molecule has 0 saturated carbocycles. The quantitative estimate of drug-likeness (QED) is 0.867. The molecule has 0 unspecified atom stereocenters. The molecule has 0 amide bonds. The number of nitrogens with one attached hydrogen (secondary N) is 2. The van der Waals surface area contributed by atoms with Crippen LogP contribution in [0.2, 0.25) is 0 Å². The monoisotopic (exact) mass is 326 g/mol. The third-order valence-corrected chi connectivity index (χ3v) is 5.74. The summed E-state index contributed by atoms with van der Waals surface area (Å²) in [5.74, 6) is 0.805. The number of hydrogen-bond acceptors (Lipinski definition) is 5. The molecule has 0 radical (unpaired) electrons. The van der Waals surface area contributed by atoms with Gasteiger partial charge in [-0.3, -0.25) is 0 Å². The fraction of sp³-hybridized carbons (Fsp3) is 0.600. The van der Waals surface area contributed by atoms with E-state index in [9.17, 15) is 8.42 Å². The number of hydrogen-bond donors (Lipinski definition) is 2. The van der Waals surface area contributed by atoms with Crippen molar-refractivity contribution in [1.82, 2.24) is 10.0 Å². The number of fused-ring (bicyclic) bond motifs is 1. The first-order valence-electron chi connectivity index (χ1n) is 7.59. The number of sulfonamides is 1. The van der Waals surface area contributed by atoms with Crippen LogP contribution in [0, 0.1) is 5.41 Å². The summed E-state index contributed by atoms with van der Waals surface area (Å²) in [5, 5.41) is 3.30. The number of ether oxygens (including phenoxy) is 2. The van der Waals surface area contributed by atoms with Crippen LogP contribution in [0.15, 0.2) is 23.1 Å². The molecule has 6 nitrogen and oxygen atoms in total. The van der Waals surface area contributed by atoms with Crippen molar-refractivity contribution >= 4 is 10.0 Å². The molecule has 3 rings (SSSR count). The van der Waals surface area contributed by atoms with Crippen molar-refractivity contribution in [2.24, 2.45) is 5.41 Å². The van der Waals surface area contributed by atoms with E-state index in [2.05, 4.69) is 17.0 Å². The van der Waals surface area contributed by atoms with Crippen LogP contribution in [0.1, 0.15) is 19.8 Å². The van der Waals surface area contributed by atoms with Gasteiger partial charge in [-0.25, -0.2) is 13.1 Å². The molecule has 2 aliphatic heterocycles. The molecule has 1 aromatic rings. The van der Waals surface area contributed by atoms with Crippen molar-refractivity contribution in [3.8, 4) is 11.5 Å². The first kappa shape index (κ1) is 15.6. The Hall–Kier alpha value is -1.31. The van der Waals surface area contributed by atoms with Gasteiger partial charge < -0.3 is 14.8 Å². The average molecular weight is 326 g/mol. The van der Waals surface area contributed by atoms with Gasteiger partial charge in [0.15, 0.2) is 11.5 Å². The van der Waals surface area contributed by atoms with E-state index < -0.39 is 10.0 Å². The molecular formula is C15H22N2O4S. The standard InChI is InChI=1S/C15H22N2O4S/c1-15(5-7-16-8-6-15)11-17-22(18,19)13-4-2-3-12-14(13)21-10-9-20-12/h2-4,16-17H,5-11H2,1H3. The Bertz CT molecular complexity index is 639. The van der Waals surface area contributed by atoms with Gasteiger partial charge in [0.25, 0.3) is 0 Å². The Kier molecular flexibility index (Phi) is 4.29. The Morgan fingerprint density at radius 1 is 1.23 bits per heavy atom. The lowest BCUT2D eigenvalue weighted by molar-refractivity contribution is 0.167. The first-order valence-corrected chi connectivity index (χ1v) is 9.08. The summed E-state index contributed by atoms with van der Waals surface area (Å²) in [6, 6.07) is 4.95. The van der Waals surface area contributed by atoms with Crippen LogP contribution in [-0.2, 0) is 10.0 Å². The predicted octanol–water partition coefficient (Wildman–Crippen LogP) is 1.13. The number of piperidine rings is 1. The van der Waals surface area contributed by atoms with E-state index in [1.54, 1.807) is 18.2 Å². The highest BCUT2D eigenvalue weighted by Gasteiger charge is 2.30. The lowest BCUT2D eigenvalue weighted by atomic mass is 9.81. The van der Waals surface area contributed by atoms with Crippen LogP contribution < -0.4 is 19.5 Å². The van der Waals surface area contributed by atoms with Gasteiger partial charge in [0, 0.05) is 6.54 Å². The fourth-order valence-corrected chi connectivity index (χ4v) is 4.17. The minimum absolute atomic E-state index is 0.00941. The van der Waals surface area contributed by atoms with Crippen LogP contribution in [0.3, 0.4) is 0 Å². The third kappa shape index (κ3) is 3.21. The molecule has 0 aromatic heterocycles. The van der Waals surface area contributed by atoms with Gasteiger partial charge in [0.05, 0.1) is 0 Å². The van der Waals surface area contributed by atoms with Crippen molar-refractivity contribution in [2.75, 3.05) is 32.8 Å². The second-order valence-electron chi connectivity index (χ2n) is 6.17. The van der Waals surface area contributed by atoms with E-state index in [0.717, 1.165) is 25.9 Å². The van der Waals surface area contributed by atoms with Crippen LogP contribution >= 0.6 is 0 Å². The van der Waals surface area contributed by atoms with Crippen molar-refractivity contribution in [3.63, 3.8) is 0 Å². The molecule has 0 bridgehead atoms. The molecule has 1 fully saturated rings. The zero-order valence-corrected chi connectivity index (χ0v) is 13.5. The van der Waals surface area contributed by atoms with Gasteiger partial charge in [0.2, 0.25) is 10.0 Å². The Morgan fingerprint density at radius 3 is 2.73 bits per heavy atom. The topological polar surface area (TPSA) is 76.7 Å². The lowest BCUT2D eigenvalue weighted by Gasteiger charge is -2.34. The molecule has 0 aliphatic carbocycles. The smallest absolute Gasteiger partial charge is 0.244 e. The van der Waals surface area contributed by atoms with Gasteiger partial charge in [-0.15, -0.1) is 0 Å². The molecule has 122 valence electrons. The zero-order valence-electron chi connectivity index (χ0n) is 12.7. The van der Waals surface area contributed by atoms with E-state index in [1.165, 1.54) is 0 Å². The van der Waals surface area contributed by atoms with E-state index in [0.29, 0.717) is 31.3 Å². The normalized spacial score (nSPS) is 20.6. The SMILES string of the molecule is CC1(CNS(=O)(=O)c2cccc3c2OCCO3)CCNCC1. The Labute approximate surface area is 131 Å². The summed E-state index contributed by atoms with van der Waals surface area (Å²) < 4.78 is 38.9. The van der Waals surface area contributed by atoms with Gasteiger partial charge in [-0.05, 0) is 43.5 Å². The highest BCUT2D eigenvalue weighted by molar-refractivity contribution is 7.89. The Morgan fingerprint density at radius 2 is 1.95 bits per heavy atom. The van der Waals surface area contributed by atoms with Crippen LogP contribution in [-0.4, -0.2) is 41.3 Å². The highest BCUT2D eigenvalue weighted by atomic mass is 32.2. The van der Waals surface area contributed by atoms with Crippen molar-refractivity contribution in [2.45, 2.75) is 24.7 Å². The largest absolute Gasteiger partial charge is 0.486 e. The van der Waals surface area contributed by atoms with E-state index >= 15 is 0 Å². The van der Waals surface area contributed by atoms with E-state index in [-0.39, 0.29) is 10.3 Å². The molecule has 2 N–H and O–H groups in total. The minimum Gasteiger partial charge on any atom is -0.486 e. The van der Waals surface area contributed by atoms with Gasteiger partial charge in [0.1, 0.15) is 18.1 Å². The maximum atomic E-state index is 12.6. The summed E-state index contributed by atoms with van der Waals surface area (Å²) in [7, 11) is -3.61. The molecule has 0 spiro atoms. The molecule has 22 heavy (non-hydrogen) atoms. The number of benzene rings is 1. The fourth-order valence-electron chi connectivity index (χ4n) is 2.81. The van der Waals surface area contributed by atoms with Crippen molar-refractivity contribution < 1.29 is 17.9 Å².